The largest absolute Gasteiger partial charge is 0.465 e. The summed E-state index contributed by atoms with van der Waals surface area (Å²) in [7, 11) is -0.707. The molecule has 5 unspecified atom stereocenters. The third kappa shape index (κ3) is 6.23. The summed E-state index contributed by atoms with van der Waals surface area (Å²) in [5.41, 5.74) is 3.54. The maximum Gasteiger partial charge on any atom is 0.309 e. The van der Waals surface area contributed by atoms with Gasteiger partial charge in [0.25, 0.3) is 0 Å². The van der Waals surface area contributed by atoms with E-state index in [1.165, 1.54) is 0 Å². The molecule has 0 aliphatic carbocycles. The molecule has 1 fully saturated rings. The van der Waals surface area contributed by atoms with E-state index in [1.54, 1.807) is 0 Å². The zero-order chi connectivity index (χ0) is 25.5. The van der Waals surface area contributed by atoms with E-state index in [1.807, 2.05) is 48.5 Å². The lowest BCUT2D eigenvalue weighted by atomic mass is 9.96. The van der Waals surface area contributed by atoms with Crippen molar-refractivity contribution in [3.05, 3.63) is 78.6 Å². The van der Waals surface area contributed by atoms with Crippen molar-refractivity contribution < 1.29 is 14.6 Å². The fourth-order valence-electron chi connectivity index (χ4n) is 4.95. The van der Waals surface area contributed by atoms with Crippen molar-refractivity contribution in [2.75, 3.05) is 6.61 Å². The van der Waals surface area contributed by atoms with Gasteiger partial charge in [0.15, 0.2) is 0 Å². The molecule has 0 radical (unpaired) electrons. The average Bonchev–Trinajstić information content (AvgIpc) is 3.33. The van der Waals surface area contributed by atoms with Crippen LogP contribution in [0.25, 0.3) is 11.0 Å². The summed E-state index contributed by atoms with van der Waals surface area (Å²) >= 11 is 0. The van der Waals surface area contributed by atoms with Crippen molar-refractivity contribution in [2.24, 2.45) is 5.92 Å². The highest BCUT2D eigenvalue weighted by molar-refractivity contribution is 7.58. The summed E-state index contributed by atoms with van der Waals surface area (Å²) in [5, 5.41) is 15.3. The van der Waals surface area contributed by atoms with E-state index in [-0.39, 0.29) is 23.6 Å². The van der Waals surface area contributed by atoms with Crippen LogP contribution in [0.5, 0.6) is 0 Å². The van der Waals surface area contributed by atoms with Gasteiger partial charge in [0.1, 0.15) is 11.9 Å². The van der Waals surface area contributed by atoms with Gasteiger partial charge in [-0.3, -0.25) is 9.88 Å². The molecule has 1 aromatic heterocycles. The van der Waals surface area contributed by atoms with Crippen LogP contribution in [0, 0.1) is 5.92 Å². The topological polar surface area (TPSA) is 87.2 Å². The molecule has 0 amide bonds. The summed E-state index contributed by atoms with van der Waals surface area (Å²) in [6.07, 6.45) is 5.12. The first kappa shape index (κ1) is 26.5. The van der Waals surface area contributed by atoms with Crippen LogP contribution in [-0.4, -0.2) is 45.0 Å². The average molecular weight is 508 g/mol. The lowest BCUT2D eigenvalue weighted by molar-refractivity contribution is -0.148. The summed E-state index contributed by atoms with van der Waals surface area (Å²) in [6.45, 7) is 8.69. The Morgan fingerprint density at radius 1 is 1.28 bits per heavy atom. The van der Waals surface area contributed by atoms with Gasteiger partial charge in [-0.25, -0.2) is 4.98 Å². The fourth-order valence-corrected chi connectivity index (χ4v) is 7.90. The van der Waals surface area contributed by atoms with Gasteiger partial charge in [-0.15, -0.1) is 6.58 Å². The smallest absolute Gasteiger partial charge is 0.309 e. The number of hydrogen-bond donors (Lipinski definition) is 3. The number of hydrogen-bond acceptors (Lipinski definition) is 5. The van der Waals surface area contributed by atoms with Crippen molar-refractivity contribution in [3.8, 4) is 0 Å². The van der Waals surface area contributed by atoms with Crippen molar-refractivity contribution in [1.29, 1.82) is 0 Å². The van der Waals surface area contributed by atoms with E-state index in [4.69, 9.17) is 4.74 Å². The van der Waals surface area contributed by atoms with E-state index in [0.717, 1.165) is 35.9 Å². The van der Waals surface area contributed by atoms with E-state index in [9.17, 15) is 9.90 Å². The van der Waals surface area contributed by atoms with Crippen molar-refractivity contribution >= 4 is 25.1 Å². The first-order valence-electron chi connectivity index (χ1n) is 13.0. The molecule has 3 aromatic rings. The molecule has 2 heterocycles. The minimum atomic E-state index is -0.817. The summed E-state index contributed by atoms with van der Waals surface area (Å²) in [5.74, 6) is 0.243. The number of fused-ring (bicyclic) bond motifs is 1. The zero-order valence-corrected chi connectivity index (χ0v) is 22.2. The molecule has 192 valence electrons. The molecule has 0 saturated carbocycles. The van der Waals surface area contributed by atoms with Gasteiger partial charge in [-0.1, -0.05) is 68.8 Å². The Labute approximate surface area is 215 Å². The Morgan fingerprint density at radius 3 is 2.72 bits per heavy atom. The van der Waals surface area contributed by atoms with Crippen LogP contribution < -0.4 is 5.09 Å². The number of allylic oxidation sites excluding steroid dienone is 1. The standard InChI is InChI=1S/C29H38N3O3P/c1-4-6-17-35-29(34)22(12-5-2)26-18-20(3)36(26)32-25(19-21-13-8-7-9-14-21)27(33)28-30-23-15-10-11-16-24(23)31-28/h5,7-11,13-16,20,22,25-27,32-33H,2,4,6,12,17-19H2,1,3H3,(H,30,31)/t20?,22-,25?,26?,27?,36?/m0/s1. The maximum absolute atomic E-state index is 13.0. The highest BCUT2D eigenvalue weighted by atomic mass is 31.1. The number of aromatic nitrogens is 2. The molecule has 3 N–H and O–H groups in total. The minimum Gasteiger partial charge on any atom is -0.465 e. The Balaban J connectivity index is 1.55. The highest BCUT2D eigenvalue weighted by Gasteiger charge is 2.46. The molecule has 6 nitrogen and oxygen atoms in total. The van der Waals surface area contributed by atoms with Crippen LogP contribution in [0.1, 0.15) is 57.0 Å². The first-order chi connectivity index (χ1) is 17.5. The molecule has 1 aliphatic rings. The van der Waals surface area contributed by atoms with Gasteiger partial charge in [0.05, 0.1) is 23.6 Å². The number of unbranched alkanes of at least 4 members (excludes halogenated alkanes) is 1. The molecular formula is C29H38N3O3P. The SMILES string of the molecule is C=CC[C@H](C(=O)OCCCC)C1CC(C)P1NC(Cc1ccccc1)C(O)c1nc2ccccc2[nH]1. The molecule has 36 heavy (non-hydrogen) atoms. The van der Waals surface area contributed by atoms with Gasteiger partial charge in [-0.2, -0.15) is 0 Å². The lowest BCUT2D eigenvalue weighted by Crippen LogP contribution is -2.47. The number of para-hydroxylation sites is 2. The van der Waals surface area contributed by atoms with Crippen LogP contribution >= 0.6 is 8.07 Å². The third-order valence-electron chi connectivity index (χ3n) is 7.03. The number of H-pyrrole nitrogens is 1. The van der Waals surface area contributed by atoms with Gasteiger partial charge in [0, 0.05) is 11.7 Å². The van der Waals surface area contributed by atoms with Crippen LogP contribution in [-0.2, 0) is 16.0 Å². The molecule has 2 aromatic carbocycles. The van der Waals surface area contributed by atoms with E-state index in [2.05, 4.69) is 47.6 Å². The van der Waals surface area contributed by atoms with Crippen LogP contribution in [0.2, 0.25) is 0 Å². The van der Waals surface area contributed by atoms with E-state index in [0.29, 0.717) is 30.9 Å². The monoisotopic (exact) mass is 507 g/mol. The minimum absolute atomic E-state index is 0.119. The van der Waals surface area contributed by atoms with Crippen LogP contribution in [0.3, 0.4) is 0 Å². The predicted octanol–water partition coefficient (Wildman–Crippen LogP) is 5.89. The number of benzene rings is 2. The third-order valence-corrected chi connectivity index (χ3v) is 10.1. The molecule has 7 heteroatoms. The van der Waals surface area contributed by atoms with Gasteiger partial charge in [0.2, 0.25) is 0 Å². The quantitative estimate of drug-likeness (QED) is 0.116. The number of esters is 1. The second-order valence-electron chi connectivity index (χ2n) is 9.72. The van der Waals surface area contributed by atoms with E-state index < -0.39 is 14.2 Å². The van der Waals surface area contributed by atoms with Gasteiger partial charge in [-0.05, 0) is 57.1 Å². The second kappa shape index (κ2) is 12.6. The van der Waals surface area contributed by atoms with E-state index >= 15 is 0 Å². The molecule has 0 bridgehead atoms. The molecular weight excluding hydrogens is 469 g/mol. The molecule has 1 saturated heterocycles. The zero-order valence-electron chi connectivity index (χ0n) is 21.3. The summed E-state index contributed by atoms with van der Waals surface area (Å²) < 4.78 is 5.62. The molecule has 0 spiro atoms. The second-order valence-corrected chi connectivity index (χ2v) is 12.3. The van der Waals surface area contributed by atoms with Crippen molar-refractivity contribution in [3.63, 3.8) is 0 Å². The summed E-state index contributed by atoms with van der Waals surface area (Å²) in [6, 6.07) is 17.8. The Hall–Kier alpha value is -2.53. The molecule has 4 rings (SSSR count). The van der Waals surface area contributed by atoms with Gasteiger partial charge < -0.3 is 14.8 Å². The van der Waals surface area contributed by atoms with Gasteiger partial charge >= 0.3 is 5.97 Å². The fraction of sp³-hybridized carbons (Fsp3) is 0.448. The Morgan fingerprint density at radius 2 is 2.03 bits per heavy atom. The van der Waals surface area contributed by atoms with Crippen LogP contribution in [0.4, 0.5) is 0 Å². The predicted molar refractivity (Wildman–Crippen MR) is 147 cm³/mol. The Bertz CT molecular complexity index is 1100. The number of imidazole rings is 1. The maximum atomic E-state index is 13.0. The van der Waals surface area contributed by atoms with Crippen molar-refractivity contribution in [1.82, 2.24) is 15.1 Å². The number of aliphatic hydroxyl groups is 1. The number of nitrogens with one attached hydrogen (secondary N) is 2. The Kier molecular flexibility index (Phi) is 9.30. The molecule has 6 atom stereocenters. The normalized spacial score (nSPS) is 21.9. The lowest BCUT2D eigenvalue weighted by Gasteiger charge is -2.48. The highest BCUT2D eigenvalue weighted by Crippen LogP contribution is 2.60. The van der Waals surface area contributed by atoms with Crippen molar-refractivity contribution in [2.45, 2.75) is 69.4 Å². The molecule has 1 aliphatic heterocycles. The number of carbonyl (C=O) groups is 1. The number of rotatable bonds is 13. The summed E-state index contributed by atoms with van der Waals surface area (Å²) in [4.78, 5) is 20.9. The number of aromatic amines is 1. The van der Waals surface area contributed by atoms with Crippen LogP contribution in [0.15, 0.2) is 67.3 Å². The number of ether oxygens (including phenoxy) is 1. The number of carbonyl (C=O) groups excluding carboxylic acids is 1. The number of nitrogens with zero attached hydrogens (tertiary/aromatic N) is 1. The first-order valence-corrected chi connectivity index (χ1v) is 14.5. The number of aliphatic hydroxyl groups excluding tert-OH is 1.